The molecule has 3 aromatic rings. The summed E-state index contributed by atoms with van der Waals surface area (Å²) in [7, 11) is 1.67. The van der Waals surface area contributed by atoms with Gasteiger partial charge in [0, 0.05) is 12.4 Å². The number of ether oxygens (including phenoxy) is 1. The molecule has 0 amide bonds. The Balaban J connectivity index is 2.16. The third-order valence-electron chi connectivity index (χ3n) is 3.44. The number of rotatable bonds is 3. The summed E-state index contributed by atoms with van der Waals surface area (Å²) >= 11 is 0. The number of benzene rings is 2. The van der Waals surface area contributed by atoms with E-state index in [1.807, 2.05) is 18.2 Å². The second kappa shape index (κ2) is 5.75. The van der Waals surface area contributed by atoms with Crippen LogP contribution in [0.5, 0.6) is 5.75 Å². The van der Waals surface area contributed by atoms with Crippen LogP contribution in [-0.4, -0.2) is 17.1 Å². The Hall–Kier alpha value is -2.68. The van der Waals surface area contributed by atoms with E-state index >= 15 is 0 Å². The molecule has 3 nitrogen and oxygen atoms in total. The molecule has 1 heterocycles. The van der Waals surface area contributed by atoms with Gasteiger partial charge < -0.3 is 4.74 Å². The molecule has 0 unspecified atom stereocenters. The first kappa shape index (κ1) is 13.3. The quantitative estimate of drug-likeness (QED) is 0.721. The van der Waals surface area contributed by atoms with Gasteiger partial charge in [0.1, 0.15) is 5.75 Å². The number of aryl methyl sites for hydroxylation is 1. The Kier molecular flexibility index (Phi) is 3.65. The maximum atomic E-state index is 5.54. The highest BCUT2D eigenvalue weighted by molar-refractivity contribution is 5.76. The van der Waals surface area contributed by atoms with E-state index < -0.39 is 0 Å². The number of hydrogen-bond acceptors (Lipinski definition) is 3. The first-order valence-corrected chi connectivity index (χ1v) is 6.81. The van der Waals surface area contributed by atoms with Crippen LogP contribution in [0.1, 0.15) is 5.56 Å². The average Bonchev–Trinajstić information content (AvgIpc) is 2.56. The van der Waals surface area contributed by atoms with Crippen LogP contribution < -0.4 is 4.74 Å². The van der Waals surface area contributed by atoms with Crippen molar-refractivity contribution in [3.05, 3.63) is 66.5 Å². The predicted octanol–water partition coefficient (Wildman–Crippen LogP) is 4.13. The molecule has 3 heteroatoms. The summed E-state index contributed by atoms with van der Waals surface area (Å²) in [6.45, 7) is 2.09. The molecule has 0 spiro atoms. The molecule has 3 rings (SSSR count). The molecule has 0 aliphatic heterocycles. The Bertz CT molecular complexity index is 740. The van der Waals surface area contributed by atoms with Crippen molar-refractivity contribution in [1.82, 2.24) is 9.97 Å². The lowest BCUT2D eigenvalue weighted by Gasteiger charge is -2.13. The Labute approximate surface area is 124 Å². The van der Waals surface area contributed by atoms with Crippen LogP contribution >= 0.6 is 0 Å². The number of methoxy groups -OCH3 is 1. The molecular formula is C18H16N2O. The molecule has 0 radical (unpaired) electrons. The van der Waals surface area contributed by atoms with Gasteiger partial charge in [0.25, 0.3) is 0 Å². The van der Waals surface area contributed by atoms with Crippen molar-refractivity contribution in [2.24, 2.45) is 0 Å². The van der Waals surface area contributed by atoms with Gasteiger partial charge in [-0.25, -0.2) is 9.97 Å². The number of aromatic nitrogens is 2. The molecule has 1 aromatic heterocycles. The van der Waals surface area contributed by atoms with E-state index in [4.69, 9.17) is 4.74 Å². The van der Waals surface area contributed by atoms with Crippen LogP contribution in [0.3, 0.4) is 0 Å². The van der Waals surface area contributed by atoms with Crippen molar-refractivity contribution in [3.63, 3.8) is 0 Å². The first-order chi connectivity index (χ1) is 10.3. The van der Waals surface area contributed by atoms with Gasteiger partial charge in [0.2, 0.25) is 0 Å². The average molecular weight is 276 g/mol. The van der Waals surface area contributed by atoms with Crippen LogP contribution in [0.15, 0.2) is 60.9 Å². The summed E-state index contributed by atoms with van der Waals surface area (Å²) in [5.41, 5.74) is 4.42. The standard InChI is InChI=1S/C18H16N2O/c1-13-11-16(18-19-9-6-10-20-18)17(21-2)12-15(13)14-7-4-3-5-8-14/h3-12H,1-2H3. The third-order valence-corrected chi connectivity index (χ3v) is 3.44. The highest BCUT2D eigenvalue weighted by Crippen LogP contribution is 2.35. The van der Waals surface area contributed by atoms with E-state index in [9.17, 15) is 0 Å². The van der Waals surface area contributed by atoms with E-state index in [-0.39, 0.29) is 0 Å². The second-order valence-corrected chi connectivity index (χ2v) is 4.81. The summed E-state index contributed by atoms with van der Waals surface area (Å²) < 4.78 is 5.54. The third kappa shape index (κ3) is 2.63. The maximum absolute atomic E-state index is 5.54. The molecule has 0 aliphatic rings. The predicted molar refractivity (Wildman–Crippen MR) is 84.2 cm³/mol. The lowest BCUT2D eigenvalue weighted by molar-refractivity contribution is 0.416. The van der Waals surface area contributed by atoms with Crippen molar-refractivity contribution in [3.8, 4) is 28.3 Å². The zero-order valence-electron chi connectivity index (χ0n) is 12.1. The number of nitrogens with zero attached hydrogens (tertiary/aromatic N) is 2. The van der Waals surface area contributed by atoms with Crippen LogP contribution in [0, 0.1) is 6.92 Å². The molecule has 21 heavy (non-hydrogen) atoms. The summed E-state index contributed by atoms with van der Waals surface area (Å²) in [4.78, 5) is 8.62. The minimum Gasteiger partial charge on any atom is -0.496 e. The molecular weight excluding hydrogens is 260 g/mol. The normalized spacial score (nSPS) is 10.4. The number of hydrogen-bond donors (Lipinski definition) is 0. The van der Waals surface area contributed by atoms with Gasteiger partial charge in [-0.05, 0) is 41.8 Å². The van der Waals surface area contributed by atoms with Gasteiger partial charge in [-0.1, -0.05) is 30.3 Å². The lowest BCUT2D eigenvalue weighted by atomic mass is 9.97. The fraction of sp³-hybridized carbons (Fsp3) is 0.111. The van der Waals surface area contributed by atoms with E-state index in [0.29, 0.717) is 5.82 Å². The molecule has 0 saturated heterocycles. The minimum atomic E-state index is 0.678. The van der Waals surface area contributed by atoms with E-state index in [0.717, 1.165) is 16.9 Å². The van der Waals surface area contributed by atoms with E-state index in [1.165, 1.54) is 11.1 Å². The van der Waals surface area contributed by atoms with Crippen molar-refractivity contribution >= 4 is 0 Å². The monoisotopic (exact) mass is 276 g/mol. The van der Waals surface area contributed by atoms with Crippen LogP contribution in [0.25, 0.3) is 22.5 Å². The summed E-state index contributed by atoms with van der Waals surface area (Å²) in [6, 6.07) is 16.2. The molecule has 0 fully saturated rings. The van der Waals surface area contributed by atoms with E-state index in [1.54, 1.807) is 25.6 Å². The van der Waals surface area contributed by atoms with Gasteiger partial charge >= 0.3 is 0 Å². The fourth-order valence-electron chi connectivity index (χ4n) is 2.40. The Morgan fingerprint density at radius 2 is 1.57 bits per heavy atom. The van der Waals surface area contributed by atoms with Crippen LogP contribution in [0.2, 0.25) is 0 Å². The molecule has 2 aromatic carbocycles. The Morgan fingerprint density at radius 3 is 2.24 bits per heavy atom. The topological polar surface area (TPSA) is 35.0 Å². The van der Waals surface area contributed by atoms with Crippen molar-refractivity contribution < 1.29 is 4.74 Å². The van der Waals surface area contributed by atoms with Gasteiger partial charge in [-0.15, -0.1) is 0 Å². The minimum absolute atomic E-state index is 0.678. The highest BCUT2D eigenvalue weighted by atomic mass is 16.5. The van der Waals surface area contributed by atoms with Gasteiger partial charge in [-0.3, -0.25) is 0 Å². The van der Waals surface area contributed by atoms with Crippen molar-refractivity contribution in [1.29, 1.82) is 0 Å². The van der Waals surface area contributed by atoms with Gasteiger partial charge in [0.15, 0.2) is 5.82 Å². The van der Waals surface area contributed by atoms with E-state index in [2.05, 4.69) is 41.2 Å². The lowest BCUT2D eigenvalue weighted by Crippen LogP contribution is -1.95. The Morgan fingerprint density at radius 1 is 0.857 bits per heavy atom. The molecule has 0 atom stereocenters. The zero-order chi connectivity index (χ0) is 14.7. The molecule has 0 saturated carbocycles. The van der Waals surface area contributed by atoms with Gasteiger partial charge in [0.05, 0.1) is 12.7 Å². The largest absolute Gasteiger partial charge is 0.496 e. The van der Waals surface area contributed by atoms with Crippen LogP contribution in [-0.2, 0) is 0 Å². The summed E-state index contributed by atoms with van der Waals surface area (Å²) in [5, 5.41) is 0. The summed E-state index contributed by atoms with van der Waals surface area (Å²) in [6.07, 6.45) is 3.48. The molecule has 104 valence electrons. The zero-order valence-corrected chi connectivity index (χ0v) is 12.1. The summed E-state index contributed by atoms with van der Waals surface area (Å²) in [5.74, 6) is 1.46. The molecule has 0 aliphatic carbocycles. The fourth-order valence-corrected chi connectivity index (χ4v) is 2.40. The van der Waals surface area contributed by atoms with Gasteiger partial charge in [-0.2, -0.15) is 0 Å². The molecule has 0 N–H and O–H groups in total. The SMILES string of the molecule is COc1cc(-c2ccccc2)c(C)cc1-c1ncccn1. The van der Waals surface area contributed by atoms with Crippen molar-refractivity contribution in [2.75, 3.05) is 7.11 Å². The van der Waals surface area contributed by atoms with Crippen molar-refractivity contribution in [2.45, 2.75) is 6.92 Å². The maximum Gasteiger partial charge on any atom is 0.162 e. The van der Waals surface area contributed by atoms with Crippen LogP contribution in [0.4, 0.5) is 0 Å². The highest BCUT2D eigenvalue weighted by Gasteiger charge is 2.12. The smallest absolute Gasteiger partial charge is 0.162 e. The first-order valence-electron chi connectivity index (χ1n) is 6.81. The second-order valence-electron chi connectivity index (χ2n) is 4.81. The molecule has 0 bridgehead atoms.